The summed E-state index contributed by atoms with van der Waals surface area (Å²) < 4.78 is 19.5. The summed E-state index contributed by atoms with van der Waals surface area (Å²) >= 11 is 2.53. The number of methoxy groups -OCH3 is 1. The number of para-hydroxylation sites is 3. The van der Waals surface area contributed by atoms with E-state index in [1.54, 1.807) is 44.4 Å². The number of aromatic nitrogens is 2. The summed E-state index contributed by atoms with van der Waals surface area (Å²) in [6.07, 6.45) is 0. The molecule has 140 valence electrons. The van der Waals surface area contributed by atoms with Gasteiger partial charge in [-0.25, -0.2) is 4.39 Å². The number of nitrogens with zero attached hydrogens (tertiary/aromatic N) is 2. The van der Waals surface area contributed by atoms with Gasteiger partial charge in [-0.15, -0.1) is 10.2 Å². The Balaban J connectivity index is 1.61. The highest BCUT2D eigenvalue weighted by Gasteiger charge is 2.18. The van der Waals surface area contributed by atoms with Crippen LogP contribution in [0.15, 0.2) is 52.9 Å². The Kier molecular flexibility index (Phi) is 6.25. The van der Waals surface area contributed by atoms with Crippen molar-refractivity contribution in [1.82, 2.24) is 10.2 Å². The highest BCUT2D eigenvalue weighted by Crippen LogP contribution is 2.32. The molecule has 0 fully saturated rings. The molecule has 0 aliphatic heterocycles. The lowest BCUT2D eigenvalue weighted by Crippen LogP contribution is -2.22. The lowest BCUT2D eigenvalue weighted by Gasteiger charge is -2.12. The Hall–Kier alpha value is -2.65. The van der Waals surface area contributed by atoms with Gasteiger partial charge in [-0.1, -0.05) is 47.4 Å². The zero-order valence-electron chi connectivity index (χ0n) is 14.6. The molecule has 2 N–H and O–H groups in total. The number of carbonyl (C=O) groups excluding carboxylic acids is 1. The van der Waals surface area contributed by atoms with Crippen LogP contribution in [0, 0.1) is 5.82 Å². The Morgan fingerprint density at radius 2 is 1.85 bits per heavy atom. The lowest BCUT2D eigenvalue weighted by atomic mass is 10.3. The van der Waals surface area contributed by atoms with E-state index in [0.29, 0.717) is 26.6 Å². The van der Waals surface area contributed by atoms with Crippen LogP contribution in [0.2, 0.25) is 0 Å². The molecule has 1 heterocycles. The number of amides is 1. The van der Waals surface area contributed by atoms with Crippen LogP contribution in [-0.2, 0) is 4.79 Å². The van der Waals surface area contributed by atoms with E-state index in [-0.39, 0.29) is 11.7 Å². The number of benzene rings is 2. The molecule has 1 amide bonds. The number of nitrogens with one attached hydrogen (secondary N) is 2. The molecule has 1 atom stereocenters. The number of halogens is 1. The van der Waals surface area contributed by atoms with Crippen molar-refractivity contribution >= 4 is 45.5 Å². The molecule has 0 aliphatic rings. The molecule has 0 unspecified atom stereocenters. The fraction of sp³-hybridized carbons (Fsp3) is 0.167. The Morgan fingerprint density at radius 3 is 2.59 bits per heavy atom. The van der Waals surface area contributed by atoms with Crippen LogP contribution in [0.4, 0.5) is 20.9 Å². The third-order valence-electron chi connectivity index (χ3n) is 3.53. The van der Waals surface area contributed by atoms with E-state index in [1.165, 1.54) is 29.2 Å². The number of rotatable bonds is 7. The molecule has 6 nitrogen and oxygen atoms in total. The van der Waals surface area contributed by atoms with Crippen LogP contribution < -0.4 is 15.4 Å². The minimum Gasteiger partial charge on any atom is -0.495 e. The van der Waals surface area contributed by atoms with Gasteiger partial charge in [-0.2, -0.15) is 0 Å². The molecule has 2 aromatic carbocycles. The van der Waals surface area contributed by atoms with E-state index in [0.717, 1.165) is 0 Å². The monoisotopic (exact) mass is 404 g/mol. The van der Waals surface area contributed by atoms with Gasteiger partial charge in [0.05, 0.1) is 23.7 Å². The SMILES string of the molecule is COc1ccccc1NC(=O)[C@H](C)Sc1nnc(Nc2ccccc2F)s1. The van der Waals surface area contributed by atoms with E-state index >= 15 is 0 Å². The van der Waals surface area contributed by atoms with Crippen molar-refractivity contribution in [3.05, 3.63) is 54.3 Å². The van der Waals surface area contributed by atoms with Crippen molar-refractivity contribution in [3.63, 3.8) is 0 Å². The number of hydrogen-bond donors (Lipinski definition) is 2. The van der Waals surface area contributed by atoms with Gasteiger partial charge in [-0.05, 0) is 31.2 Å². The van der Waals surface area contributed by atoms with Gasteiger partial charge in [0.25, 0.3) is 0 Å². The third kappa shape index (κ3) is 4.95. The summed E-state index contributed by atoms with van der Waals surface area (Å²) in [7, 11) is 1.55. The van der Waals surface area contributed by atoms with Gasteiger partial charge >= 0.3 is 0 Å². The topological polar surface area (TPSA) is 76.1 Å². The van der Waals surface area contributed by atoms with Crippen molar-refractivity contribution in [2.24, 2.45) is 0 Å². The normalized spacial score (nSPS) is 11.7. The quantitative estimate of drug-likeness (QED) is 0.563. The van der Waals surface area contributed by atoms with Crippen LogP contribution >= 0.6 is 23.1 Å². The largest absolute Gasteiger partial charge is 0.495 e. The second-order valence-electron chi connectivity index (χ2n) is 5.43. The molecular formula is C18H17FN4O2S2. The van der Waals surface area contributed by atoms with Crippen LogP contribution in [-0.4, -0.2) is 28.5 Å². The summed E-state index contributed by atoms with van der Waals surface area (Å²) in [4.78, 5) is 12.4. The summed E-state index contributed by atoms with van der Waals surface area (Å²) in [5.41, 5.74) is 0.934. The Bertz CT molecular complexity index is 935. The summed E-state index contributed by atoms with van der Waals surface area (Å²) in [5, 5.41) is 13.8. The van der Waals surface area contributed by atoms with Crippen molar-refractivity contribution < 1.29 is 13.9 Å². The first-order valence-electron chi connectivity index (χ1n) is 8.02. The van der Waals surface area contributed by atoms with Crippen LogP contribution in [0.25, 0.3) is 0 Å². The summed E-state index contributed by atoms with van der Waals surface area (Å²) in [6, 6.07) is 13.5. The van der Waals surface area contributed by atoms with Crippen LogP contribution in [0.5, 0.6) is 5.75 Å². The zero-order valence-corrected chi connectivity index (χ0v) is 16.2. The smallest absolute Gasteiger partial charge is 0.237 e. The molecule has 0 aliphatic carbocycles. The number of ether oxygens (including phenoxy) is 1. The number of hydrogen-bond acceptors (Lipinski definition) is 7. The van der Waals surface area contributed by atoms with E-state index in [1.807, 2.05) is 12.1 Å². The van der Waals surface area contributed by atoms with Crippen molar-refractivity contribution in [2.75, 3.05) is 17.7 Å². The first kappa shape index (κ1) is 19.1. The number of thioether (sulfide) groups is 1. The van der Waals surface area contributed by atoms with Crippen molar-refractivity contribution in [1.29, 1.82) is 0 Å². The van der Waals surface area contributed by atoms with Gasteiger partial charge in [0.1, 0.15) is 11.6 Å². The van der Waals surface area contributed by atoms with Gasteiger partial charge in [0.15, 0.2) is 4.34 Å². The second kappa shape index (κ2) is 8.83. The predicted molar refractivity (Wildman–Crippen MR) is 107 cm³/mol. The van der Waals surface area contributed by atoms with Gasteiger partial charge in [0.2, 0.25) is 11.0 Å². The predicted octanol–water partition coefficient (Wildman–Crippen LogP) is 4.55. The number of carbonyl (C=O) groups is 1. The maximum atomic E-state index is 13.7. The van der Waals surface area contributed by atoms with E-state index in [2.05, 4.69) is 20.8 Å². The first-order valence-corrected chi connectivity index (χ1v) is 9.72. The first-order chi connectivity index (χ1) is 13.1. The maximum absolute atomic E-state index is 13.7. The average Bonchev–Trinajstić information content (AvgIpc) is 3.11. The Morgan fingerprint density at radius 1 is 1.15 bits per heavy atom. The van der Waals surface area contributed by atoms with E-state index < -0.39 is 5.25 Å². The minimum atomic E-state index is -0.399. The maximum Gasteiger partial charge on any atom is 0.237 e. The van der Waals surface area contributed by atoms with Gasteiger partial charge in [-0.3, -0.25) is 4.79 Å². The Labute approximate surface area is 164 Å². The van der Waals surface area contributed by atoms with E-state index in [4.69, 9.17) is 4.74 Å². The molecule has 0 spiro atoms. The molecule has 27 heavy (non-hydrogen) atoms. The van der Waals surface area contributed by atoms with Crippen LogP contribution in [0.3, 0.4) is 0 Å². The zero-order chi connectivity index (χ0) is 19.2. The molecule has 3 aromatic rings. The minimum absolute atomic E-state index is 0.177. The summed E-state index contributed by atoms with van der Waals surface area (Å²) in [6.45, 7) is 1.78. The molecule has 0 saturated carbocycles. The highest BCUT2D eigenvalue weighted by molar-refractivity contribution is 8.02. The molecule has 1 aromatic heterocycles. The fourth-order valence-corrected chi connectivity index (χ4v) is 4.08. The summed E-state index contributed by atoms with van der Waals surface area (Å²) in [5.74, 6) is 0.0464. The van der Waals surface area contributed by atoms with Gasteiger partial charge < -0.3 is 15.4 Å². The molecule has 9 heteroatoms. The molecular weight excluding hydrogens is 387 g/mol. The molecule has 3 rings (SSSR count). The second-order valence-corrected chi connectivity index (χ2v) is 7.99. The van der Waals surface area contributed by atoms with E-state index in [9.17, 15) is 9.18 Å². The lowest BCUT2D eigenvalue weighted by molar-refractivity contribution is -0.115. The fourth-order valence-electron chi connectivity index (χ4n) is 2.17. The third-order valence-corrected chi connectivity index (χ3v) is 5.56. The van der Waals surface area contributed by atoms with Gasteiger partial charge in [0, 0.05) is 0 Å². The molecule has 0 bridgehead atoms. The van der Waals surface area contributed by atoms with Crippen LogP contribution in [0.1, 0.15) is 6.92 Å². The molecule has 0 saturated heterocycles. The molecule has 0 radical (unpaired) electrons. The standard InChI is InChI=1S/C18H17FN4O2S2/c1-11(16(24)20-14-9-5-6-10-15(14)25-2)26-18-23-22-17(27-18)21-13-8-4-3-7-12(13)19/h3-11H,1-2H3,(H,20,24)(H,21,22)/t11-/m0/s1. The highest BCUT2D eigenvalue weighted by atomic mass is 32.2. The number of anilines is 3. The average molecular weight is 404 g/mol. The van der Waals surface area contributed by atoms with Crippen molar-refractivity contribution in [2.45, 2.75) is 16.5 Å². The van der Waals surface area contributed by atoms with Crippen molar-refractivity contribution in [3.8, 4) is 5.75 Å².